The quantitative estimate of drug-likeness (QED) is 0.282. The molecule has 0 fully saturated rings. The first kappa shape index (κ1) is 13.2. The maximum atomic E-state index is 11.4. The highest BCUT2D eigenvalue weighted by molar-refractivity contribution is 7.89. The average Bonchev–Trinajstić information content (AvgIpc) is 2.18. The molecule has 0 heterocycles. The van der Waals surface area contributed by atoms with E-state index in [1.165, 1.54) is 4.31 Å². The van der Waals surface area contributed by atoms with Crippen molar-refractivity contribution >= 4 is 15.9 Å². The molecule has 84 valence electrons. The van der Waals surface area contributed by atoms with E-state index < -0.39 is 10.0 Å². The Bertz CT molecular complexity index is 287. The van der Waals surface area contributed by atoms with E-state index in [0.717, 1.165) is 0 Å². The molecule has 6 nitrogen and oxygen atoms in total. The summed E-state index contributed by atoms with van der Waals surface area (Å²) < 4.78 is 24.1. The zero-order valence-corrected chi connectivity index (χ0v) is 9.29. The van der Waals surface area contributed by atoms with Crippen molar-refractivity contribution in [1.29, 1.82) is 0 Å². The molecule has 0 aliphatic heterocycles. The van der Waals surface area contributed by atoms with Gasteiger partial charge in [0.05, 0.1) is 5.75 Å². The summed E-state index contributed by atoms with van der Waals surface area (Å²) in [6, 6.07) is 0. The van der Waals surface area contributed by atoms with Gasteiger partial charge in [0.2, 0.25) is 10.0 Å². The van der Waals surface area contributed by atoms with Gasteiger partial charge >= 0.3 is 0 Å². The molecule has 0 aromatic rings. The predicted molar refractivity (Wildman–Crippen MR) is 54.7 cm³/mol. The molecule has 0 rings (SSSR count). The number of hydrogen-bond acceptors (Lipinski definition) is 4. The van der Waals surface area contributed by atoms with Gasteiger partial charge in [0.15, 0.2) is 0 Å². The third-order valence-electron chi connectivity index (χ3n) is 1.86. The first-order valence-corrected chi connectivity index (χ1v) is 6.03. The predicted octanol–water partition coefficient (Wildman–Crippen LogP) is -0.205. The molecule has 14 heavy (non-hydrogen) atoms. The zero-order chi connectivity index (χ0) is 11.2. The Morgan fingerprint density at radius 2 is 2.07 bits per heavy atom. The second-order valence-corrected chi connectivity index (χ2v) is 4.99. The van der Waals surface area contributed by atoms with Crippen LogP contribution in [0.5, 0.6) is 0 Å². The summed E-state index contributed by atoms with van der Waals surface area (Å²) in [5.41, 5.74) is 5.24. The first-order valence-electron chi connectivity index (χ1n) is 4.42. The van der Waals surface area contributed by atoms with Crippen LogP contribution in [0.25, 0.3) is 0 Å². The topological polar surface area (TPSA) is 96.0 Å². The van der Waals surface area contributed by atoms with Crippen molar-refractivity contribution in [2.24, 2.45) is 10.9 Å². The van der Waals surface area contributed by atoms with E-state index >= 15 is 0 Å². The molecule has 0 atom stereocenters. The number of nitrogens with two attached hydrogens (primary N) is 1. The van der Waals surface area contributed by atoms with Crippen LogP contribution in [0.2, 0.25) is 0 Å². The van der Waals surface area contributed by atoms with Crippen LogP contribution in [0.4, 0.5) is 0 Å². The van der Waals surface area contributed by atoms with Crippen molar-refractivity contribution in [2.75, 3.05) is 18.8 Å². The number of rotatable bonds is 6. The van der Waals surface area contributed by atoms with Gasteiger partial charge in [-0.15, -0.1) is 0 Å². The minimum absolute atomic E-state index is 0.0368. The SMILES string of the molecule is CCN(CCC(N)=NO)S(=O)(=O)CC. The Kier molecular flexibility index (Phi) is 5.47. The lowest BCUT2D eigenvalue weighted by Crippen LogP contribution is -2.34. The normalized spacial score (nSPS) is 13.5. The molecule has 0 unspecified atom stereocenters. The molecule has 7 heteroatoms. The second kappa shape index (κ2) is 5.82. The van der Waals surface area contributed by atoms with Crippen LogP contribution < -0.4 is 5.73 Å². The number of nitrogens with zero attached hydrogens (tertiary/aromatic N) is 2. The summed E-state index contributed by atoms with van der Waals surface area (Å²) >= 11 is 0. The van der Waals surface area contributed by atoms with Crippen LogP contribution in [0.15, 0.2) is 5.16 Å². The van der Waals surface area contributed by atoms with Crippen molar-refractivity contribution in [3.8, 4) is 0 Å². The van der Waals surface area contributed by atoms with Gasteiger partial charge in [-0.2, -0.15) is 0 Å². The number of oxime groups is 1. The number of sulfonamides is 1. The molecule has 0 aromatic heterocycles. The van der Waals surface area contributed by atoms with Gasteiger partial charge in [0.25, 0.3) is 0 Å². The largest absolute Gasteiger partial charge is 0.409 e. The third-order valence-corrected chi connectivity index (χ3v) is 3.81. The number of amidine groups is 1. The van der Waals surface area contributed by atoms with Crippen molar-refractivity contribution < 1.29 is 13.6 Å². The highest BCUT2D eigenvalue weighted by Gasteiger charge is 2.17. The molecule has 0 bridgehead atoms. The number of hydrogen-bond donors (Lipinski definition) is 2. The van der Waals surface area contributed by atoms with Crippen LogP contribution in [0.3, 0.4) is 0 Å². The average molecular weight is 223 g/mol. The molecular formula is C7H17N3O3S. The highest BCUT2D eigenvalue weighted by atomic mass is 32.2. The monoisotopic (exact) mass is 223 g/mol. The summed E-state index contributed by atoms with van der Waals surface area (Å²) in [7, 11) is -3.17. The Morgan fingerprint density at radius 3 is 2.43 bits per heavy atom. The van der Waals surface area contributed by atoms with Crippen LogP contribution in [-0.4, -0.2) is 42.6 Å². The molecule has 0 saturated heterocycles. The van der Waals surface area contributed by atoms with Crippen LogP contribution in [0.1, 0.15) is 20.3 Å². The van der Waals surface area contributed by atoms with E-state index in [1.54, 1.807) is 13.8 Å². The van der Waals surface area contributed by atoms with Crippen LogP contribution in [-0.2, 0) is 10.0 Å². The van der Waals surface area contributed by atoms with Crippen LogP contribution in [0, 0.1) is 0 Å². The minimum atomic E-state index is -3.17. The van der Waals surface area contributed by atoms with Crippen molar-refractivity contribution in [2.45, 2.75) is 20.3 Å². The smallest absolute Gasteiger partial charge is 0.213 e. The Balaban J connectivity index is 4.32. The van der Waals surface area contributed by atoms with E-state index in [9.17, 15) is 8.42 Å². The molecule has 3 N–H and O–H groups in total. The maximum Gasteiger partial charge on any atom is 0.213 e. The third kappa shape index (κ3) is 3.93. The maximum absolute atomic E-state index is 11.4. The van der Waals surface area contributed by atoms with Crippen molar-refractivity contribution in [3.63, 3.8) is 0 Å². The Hall–Kier alpha value is -0.820. The van der Waals surface area contributed by atoms with Gasteiger partial charge in [0, 0.05) is 19.5 Å². The molecule has 0 amide bonds. The molecule has 0 aliphatic carbocycles. The van der Waals surface area contributed by atoms with Gasteiger partial charge in [-0.25, -0.2) is 12.7 Å². The fourth-order valence-electron chi connectivity index (χ4n) is 0.966. The molecule has 0 aromatic carbocycles. The molecular weight excluding hydrogens is 206 g/mol. The van der Waals surface area contributed by atoms with Crippen molar-refractivity contribution in [3.05, 3.63) is 0 Å². The zero-order valence-electron chi connectivity index (χ0n) is 8.47. The van der Waals surface area contributed by atoms with E-state index in [0.29, 0.717) is 6.54 Å². The Labute approximate surface area is 84.4 Å². The fraction of sp³-hybridized carbons (Fsp3) is 0.857. The molecule has 0 aliphatic rings. The van der Waals surface area contributed by atoms with Crippen LogP contribution >= 0.6 is 0 Å². The molecule has 0 saturated carbocycles. The lowest BCUT2D eigenvalue weighted by atomic mass is 10.4. The summed E-state index contributed by atoms with van der Waals surface area (Å²) in [5.74, 6) is 0.103. The van der Waals surface area contributed by atoms with Gasteiger partial charge in [-0.1, -0.05) is 12.1 Å². The van der Waals surface area contributed by atoms with Gasteiger partial charge in [0.1, 0.15) is 5.84 Å². The standard InChI is InChI=1S/C7H17N3O3S/c1-3-10(14(12,13)4-2)6-5-7(8)9-11/h11H,3-6H2,1-2H3,(H2,8,9). The van der Waals surface area contributed by atoms with Crippen molar-refractivity contribution in [1.82, 2.24) is 4.31 Å². The second-order valence-electron chi connectivity index (χ2n) is 2.73. The van der Waals surface area contributed by atoms with Gasteiger partial charge in [-0.3, -0.25) is 0 Å². The summed E-state index contributed by atoms with van der Waals surface area (Å²) in [5, 5.41) is 11.1. The summed E-state index contributed by atoms with van der Waals surface area (Å²) in [6.45, 7) is 3.98. The van der Waals surface area contributed by atoms with E-state index in [1.807, 2.05) is 0 Å². The van der Waals surface area contributed by atoms with Gasteiger partial charge in [-0.05, 0) is 6.92 Å². The minimum Gasteiger partial charge on any atom is -0.409 e. The fourth-order valence-corrected chi connectivity index (χ4v) is 2.09. The molecule has 0 radical (unpaired) electrons. The summed E-state index contributed by atoms with van der Waals surface area (Å²) in [6.07, 6.45) is 0.240. The van der Waals surface area contributed by atoms with E-state index in [-0.39, 0.29) is 24.6 Å². The highest BCUT2D eigenvalue weighted by Crippen LogP contribution is 2.01. The van der Waals surface area contributed by atoms with Gasteiger partial charge < -0.3 is 10.9 Å². The first-order chi connectivity index (χ1) is 6.47. The van der Waals surface area contributed by atoms with E-state index in [2.05, 4.69) is 5.16 Å². The lowest BCUT2D eigenvalue weighted by molar-refractivity contribution is 0.315. The van der Waals surface area contributed by atoms with E-state index in [4.69, 9.17) is 10.9 Å². The Morgan fingerprint density at radius 1 is 1.50 bits per heavy atom. The summed E-state index contributed by atoms with van der Waals surface area (Å²) in [4.78, 5) is 0. The lowest BCUT2D eigenvalue weighted by Gasteiger charge is -2.18. The molecule has 0 spiro atoms.